The van der Waals surface area contributed by atoms with Crippen LogP contribution in [-0.2, 0) is 46.6 Å². The van der Waals surface area contributed by atoms with Crippen molar-refractivity contribution in [3.63, 3.8) is 0 Å². The fourth-order valence-corrected chi connectivity index (χ4v) is 11.1. The van der Waals surface area contributed by atoms with Gasteiger partial charge in [-0.1, -0.05) is 41.5 Å². The third kappa shape index (κ3) is 8.09. The molecule has 1 aliphatic heterocycles. The van der Waals surface area contributed by atoms with Crippen LogP contribution in [0.4, 0.5) is 0 Å². The van der Waals surface area contributed by atoms with Crippen molar-refractivity contribution < 1.29 is 42.6 Å². The molecule has 10 nitrogen and oxygen atoms in total. The lowest BCUT2D eigenvalue weighted by molar-refractivity contribution is -0.671. The summed E-state index contributed by atoms with van der Waals surface area (Å²) in [5.41, 5.74) is 1.00. The Bertz CT molecular complexity index is 853. The average Bonchev–Trinajstić information content (AvgIpc) is 3.20. The molecule has 1 fully saturated rings. The number of ether oxygens (including phenoxy) is 4. The topological polar surface area (TPSA) is 109 Å². The molecule has 0 saturated carbocycles. The van der Waals surface area contributed by atoms with Gasteiger partial charge in [-0.2, -0.15) is 0 Å². The zero-order valence-electron chi connectivity index (χ0n) is 23.9. The van der Waals surface area contributed by atoms with Crippen molar-refractivity contribution in [1.29, 1.82) is 0 Å². The quantitative estimate of drug-likeness (QED) is 0.175. The van der Waals surface area contributed by atoms with E-state index in [9.17, 15) is 14.7 Å². The van der Waals surface area contributed by atoms with Gasteiger partial charge in [-0.05, 0) is 16.6 Å². The first-order valence-corrected chi connectivity index (χ1v) is 15.4. The van der Waals surface area contributed by atoms with E-state index in [1.807, 2.05) is 34.9 Å². The molecule has 2 heterocycles. The number of aromatic nitrogens is 2. The van der Waals surface area contributed by atoms with Gasteiger partial charge in [0.15, 0.2) is 26.8 Å². The lowest BCUT2D eigenvalue weighted by Crippen LogP contribution is -2.62. The lowest BCUT2D eigenvalue weighted by Gasteiger charge is -2.46. The molecule has 1 aromatic rings. The van der Waals surface area contributed by atoms with E-state index in [1.54, 1.807) is 0 Å². The molecule has 2 rings (SSSR count). The van der Waals surface area contributed by atoms with Crippen molar-refractivity contribution in [3.05, 3.63) is 18.7 Å². The maximum atomic E-state index is 12.0. The Labute approximate surface area is 222 Å². The molecule has 0 radical (unpaired) electrons. The number of nitrogens with zero attached hydrogens (tertiary/aromatic N) is 2. The third-order valence-corrected chi connectivity index (χ3v) is 13.2. The molecule has 212 valence electrons. The molecule has 0 unspecified atom stereocenters. The molecule has 1 aromatic heterocycles. The number of esters is 2. The molecule has 1 saturated heterocycles. The molecule has 1 N–H and O–H groups in total. The third-order valence-electron chi connectivity index (χ3n) is 7.09. The van der Waals surface area contributed by atoms with Gasteiger partial charge >= 0.3 is 11.9 Å². The highest BCUT2D eigenvalue weighted by Gasteiger charge is 2.52. The highest BCUT2D eigenvalue weighted by Crippen LogP contribution is 2.43. The van der Waals surface area contributed by atoms with Crippen molar-refractivity contribution in [2.24, 2.45) is 7.05 Å². The molecule has 0 bridgehead atoms. The summed E-state index contributed by atoms with van der Waals surface area (Å²) in [5.74, 6) is -1.17. The number of aryl methyl sites for hydroxylation is 2. The summed E-state index contributed by atoms with van der Waals surface area (Å²) in [4.78, 5) is 23.9. The number of carbonyl (C=O) groups is 2. The Hall–Kier alpha value is -1.79. The van der Waals surface area contributed by atoms with Crippen LogP contribution in [0.25, 0.3) is 0 Å². The van der Waals surface area contributed by atoms with Crippen LogP contribution < -0.4 is 4.57 Å². The molecule has 37 heavy (non-hydrogen) atoms. The molecular weight excluding hydrogens is 496 g/mol. The minimum Gasteiger partial charge on any atom is -0.456 e. The second-order valence-corrected chi connectivity index (χ2v) is 16.3. The molecule has 0 aliphatic carbocycles. The molecule has 0 spiro atoms. The van der Waals surface area contributed by atoms with E-state index in [-0.39, 0.29) is 6.61 Å². The van der Waals surface area contributed by atoms with Gasteiger partial charge in [-0.15, -0.1) is 0 Å². The maximum Gasteiger partial charge on any atom is 0.303 e. The summed E-state index contributed by atoms with van der Waals surface area (Å²) < 4.78 is 33.8. The summed E-state index contributed by atoms with van der Waals surface area (Å²) in [6, 6.07) is 0. The van der Waals surface area contributed by atoms with Crippen molar-refractivity contribution in [2.75, 3.05) is 13.2 Å². The Balaban J connectivity index is 2.23. The van der Waals surface area contributed by atoms with Crippen LogP contribution in [0.15, 0.2) is 18.7 Å². The maximum absolute atomic E-state index is 12.0. The Morgan fingerprint density at radius 2 is 1.59 bits per heavy atom. The normalized spacial score (nSPS) is 24.6. The molecule has 5 atom stereocenters. The van der Waals surface area contributed by atoms with Gasteiger partial charge in [0, 0.05) is 20.3 Å². The van der Waals surface area contributed by atoms with Gasteiger partial charge < -0.3 is 28.5 Å². The Kier molecular flexibility index (Phi) is 11.8. The van der Waals surface area contributed by atoms with Crippen LogP contribution in [0.3, 0.4) is 0 Å². The first-order valence-electron chi connectivity index (χ1n) is 13.2. The number of hydrogen-bond acceptors (Lipinski definition) is 8. The van der Waals surface area contributed by atoms with Crippen LogP contribution in [-0.4, -0.2) is 73.8 Å². The zero-order valence-corrected chi connectivity index (χ0v) is 24.9. The minimum absolute atomic E-state index is 0.128. The number of rotatable bonds is 13. The van der Waals surface area contributed by atoms with Crippen LogP contribution in [0.5, 0.6) is 0 Å². The van der Waals surface area contributed by atoms with Crippen molar-refractivity contribution in [1.82, 2.24) is 4.57 Å². The van der Waals surface area contributed by atoms with E-state index in [2.05, 4.69) is 41.5 Å². The smallest absolute Gasteiger partial charge is 0.303 e. The standard InChI is InChI=1S/C26H47N2O8Si/c1-17(2)37(18(3)4,19(5)6)33-15-22-24(34-20(7)29)25(35-21(8)30)23(31)26(36-22)32-14-10-11-28-13-12-27(9)16-28/h12-13,16-19,22-26,31H,10-11,14-15H2,1-9H3/q+1/t22-,23-,24+,25-,26-/m1/s1. The van der Waals surface area contributed by atoms with Crippen molar-refractivity contribution >= 4 is 20.3 Å². The van der Waals surface area contributed by atoms with E-state index >= 15 is 0 Å². The van der Waals surface area contributed by atoms with Gasteiger partial charge in [0.1, 0.15) is 24.6 Å². The van der Waals surface area contributed by atoms with E-state index < -0.39 is 51.0 Å². The van der Waals surface area contributed by atoms with E-state index in [0.29, 0.717) is 29.7 Å². The SMILES string of the molecule is CC(=O)O[C@@H]1[C@@H](O)[C@H](OCCCn2cc[n+](C)c2)O[C@H](CO[Si](C(C)C)(C(C)C)C(C)C)[C@@H]1OC(C)=O. The number of carbonyl (C=O) groups excluding carboxylic acids is 2. The summed E-state index contributed by atoms with van der Waals surface area (Å²) in [5, 5.41) is 11.0. The van der Waals surface area contributed by atoms with Gasteiger partial charge in [0.25, 0.3) is 0 Å². The van der Waals surface area contributed by atoms with Crippen LogP contribution in [0.1, 0.15) is 61.8 Å². The highest BCUT2D eigenvalue weighted by molar-refractivity contribution is 6.77. The molecule has 0 amide bonds. The Morgan fingerprint density at radius 3 is 2.08 bits per heavy atom. The van der Waals surface area contributed by atoms with Gasteiger partial charge in [0.05, 0.1) is 26.8 Å². The average molecular weight is 544 g/mol. The number of aliphatic hydroxyl groups excluding tert-OH is 1. The van der Waals surface area contributed by atoms with Gasteiger partial charge in [-0.25, -0.2) is 9.13 Å². The first-order chi connectivity index (χ1) is 17.3. The fraction of sp³-hybridized carbons (Fsp3) is 0.808. The second-order valence-electron chi connectivity index (χ2n) is 10.9. The zero-order chi connectivity index (χ0) is 27.9. The summed E-state index contributed by atoms with van der Waals surface area (Å²) in [6.45, 7) is 16.8. The monoisotopic (exact) mass is 543 g/mol. The molecule has 0 aromatic carbocycles. The second kappa shape index (κ2) is 13.8. The van der Waals surface area contributed by atoms with E-state index in [0.717, 1.165) is 6.54 Å². The molecule has 1 aliphatic rings. The van der Waals surface area contributed by atoms with Crippen LogP contribution >= 0.6 is 0 Å². The van der Waals surface area contributed by atoms with Crippen molar-refractivity contribution in [2.45, 2.75) is 116 Å². The minimum atomic E-state index is -2.28. The van der Waals surface area contributed by atoms with Gasteiger partial charge in [-0.3, -0.25) is 9.59 Å². The predicted octanol–water partition coefficient (Wildman–Crippen LogP) is 2.86. The van der Waals surface area contributed by atoms with Crippen LogP contribution in [0, 0.1) is 0 Å². The van der Waals surface area contributed by atoms with E-state index in [1.165, 1.54) is 13.8 Å². The summed E-state index contributed by atoms with van der Waals surface area (Å²) in [6.07, 6.45) is 1.19. The summed E-state index contributed by atoms with van der Waals surface area (Å²) >= 11 is 0. The van der Waals surface area contributed by atoms with Crippen molar-refractivity contribution in [3.8, 4) is 0 Å². The first kappa shape index (κ1) is 31.4. The molecular formula is C26H47N2O8Si+. The Morgan fingerprint density at radius 1 is 1.03 bits per heavy atom. The fourth-order valence-electron chi connectivity index (χ4n) is 5.63. The summed E-state index contributed by atoms with van der Waals surface area (Å²) in [7, 11) is -0.327. The molecule has 11 heteroatoms. The highest BCUT2D eigenvalue weighted by atomic mass is 28.4. The lowest BCUT2D eigenvalue weighted by atomic mass is 9.98. The predicted molar refractivity (Wildman–Crippen MR) is 139 cm³/mol. The number of aliphatic hydroxyl groups is 1. The number of hydrogen-bond donors (Lipinski definition) is 1. The number of imidazole rings is 1. The largest absolute Gasteiger partial charge is 0.456 e. The van der Waals surface area contributed by atoms with Crippen LogP contribution in [0.2, 0.25) is 16.6 Å². The van der Waals surface area contributed by atoms with E-state index in [4.69, 9.17) is 23.4 Å². The van der Waals surface area contributed by atoms with Gasteiger partial charge in [0.2, 0.25) is 6.33 Å².